The smallest absolute Gasteiger partial charge is 0.325 e. The second-order valence-electron chi connectivity index (χ2n) is 1.89. The lowest BCUT2D eigenvalue weighted by Gasteiger charge is -1.85. The Morgan fingerprint density at radius 2 is 2.00 bits per heavy atom. The Bertz CT molecular complexity index is 323. The summed E-state index contributed by atoms with van der Waals surface area (Å²) in [5.74, 6) is 2.55. The molecule has 0 heterocycles. The van der Waals surface area contributed by atoms with Crippen LogP contribution in [0.15, 0.2) is 30.3 Å². The van der Waals surface area contributed by atoms with Gasteiger partial charge in [-0.2, -0.15) is 4.21 Å². The third-order valence-corrected chi connectivity index (χ3v) is 1.31. The van der Waals surface area contributed by atoms with Crippen molar-refractivity contribution in [2.24, 2.45) is 0 Å². The van der Waals surface area contributed by atoms with Gasteiger partial charge in [-0.25, -0.2) is 0 Å². The second kappa shape index (κ2) is 4.54. The Morgan fingerprint density at radius 3 is 2.58 bits per heavy atom. The molecule has 62 valence electrons. The molecule has 0 amide bonds. The number of rotatable bonds is 1. The van der Waals surface area contributed by atoms with Gasteiger partial charge in [-0.15, -0.1) is 0 Å². The molecule has 1 rings (SSSR count). The predicted octanol–water partition coefficient (Wildman–Crippen LogP) is 1.15. The quantitative estimate of drug-likeness (QED) is 0.523. The maximum absolute atomic E-state index is 9.98. The fraction of sp³-hybridized carbons (Fsp3) is 0. The van der Waals surface area contributed by atoms with Crippen molar-refractivity contribution in [2.45, 2.75) is 0 Å². The first-order valence-corrected chi connectivity index (χ1v) is 4.16. The van der Waals surface area contributed by atoms with Crippen LogP contribution in [-0.4, -0.2) is 8.76 Å². The SMILES string of the molecule is O=S(O)OC#Cc1ccccc1. The van der Waals surface area contributed by atoms with Gasteiger partial charge in [0.25, 0.3) is 0 Å². The molecule has 0 aromatic heterocycles. The van der Waals surface area contributed by atoms with Gasteiger partial charge in [0, 0.05) is 5.56 Å². The van der Waals surface area contributed by atoms with Crippen molar-refractivity contribution < 1.29 is 12.9 Å². The van der Waals surface area contributed by atoms with E-state index in [0.29, 0.717) is 0 Å². The van der Waals surface area contributed by atoms with Gasteiger partial charge in [-0.1, -0.05) is 18.2 Å². The maximum atomic E-state index is 9.98. The number of benzene rings is 1. The molecule has 0 aliphatic heterocycles. The molecule has 1 aromatic carbocycles. The zero-order valence-corrected chi connectivity index (χ0v) is 6.88. The van der Waals surface area contributed by atoms with E-state index in [1.54, 1.807) is 12.1 Å². The van der Waals surface area contributed by atoms with E-state index in [2.05, 4.69) is 16.2 Å². The summed E-state index contributed by atoms with van der Waals surface area (Å²) >= 11 is -2.31. The zero-order chi connectivity index (χ0) is 8.81. The van der Waals surface area contributed by atoms with Crippen LogP contribution in [0.1, 0.15) is 5.56 Å². The molecule has 1 atom stereocenters. The molecular formula is C8H6O3S. The van der Waals surface area contributed by atoms with Crippen LogP contribution >= 0.6 is 0 Å². The molecule has 0 radical (unpaired) electrons. The van der Waals surface area contributed by atoms with Gasteiger partial charge < -0.3 is 4.18 Å². The van der Waals surface area contributed by atoms with E-state index in [9.17, 15) is 4.21 Å². The van der Waals surface area contributed by atoms with Crippen molar-refractivity contribution in [3.63, 3.8) is 0 Å². The molecule has 0 aliphatic carbocycles. The summed E-state index contributed by atoms with van der Waals surface area (Å²) in [6.45, 7) is 0. The first-order chi connectivity index (χ1) is 5.79. The monoisotopic (exact) mass is 182 g/mol. The van der Waals surface area contributed by atoms with Crippen molar-refractivity contribution in [3.05, 3.63) is 35.9 Å². The molecule has 1 unspecified atom stereocenters. The average Bonchev–Trinajstić information content (AvgIpc) is 2.05. The van der Waals surface area contributed by atoms with Gasteiger partial charge in [0.05, 0.1) is 0 Å². The molecule has 12 heavy (non-hydrogen) atoms. The van der Waals surface area contributed by atoms with E-state index in [1.165, 1.54) is 0 Å². The van der Waals surface area contributed by atoms with E-state index in [0.717, 1.165) is 5.56 Å². The minimum absolute atomic E-state index is 0.739. The van der Waals surface area contributed by atoms with Crippen LogP contribution < -0.4 is 0 Å². The third kappa shape index (κ3) is 3.19. The number of hydrogen-bond acceptors (Lipinski definition) is 2. The molecule has 0 saturated carbocycles. The predicted molar refractivity (Wildman–Crippen MR) is 45.2 cm³/mol. The fourth-order valence-electron chi connectivity index (χ4n) is 0.637. The molecule has 3 nitrogen and oxygen atoms in total. The first kappa shape index (κ1) is 8.78. The van der Waals surface area contributed by atoms with Crippen molar-refractivity contribution in [1.29, 1.82) is 0 Å². The minimum atomic E-state index is -2.31. The highest BCUT2D eigenvalue weighted by Crippen LogP contribution is 1.94. The highest BCUT2D eigenvalue weighted by atomic mass is 32.2. The molecule has 1 aromatic rings. The second-order valence-corrected chi connectivity index (χ2v) is 2.49. The van der Waals surface area contributed by atoms with E-state index < -0.39 is 11.4 Å². The molecule has 0 aliphatic rings. The third-order valence-electron chi connectivity index (χ3n) is 1.08. The summed E-state index contributed by atoms with van der Waals surface area (Å²) in [5.41, 5.74) is 0.739. The van der Waals surface area contributed by atoms with Crippen LogP contribution in [-0.2, 0) is 15.5 Å². The standard InChI is InChI=1S/C8H6O3S/c9-12(10)11-7-6-8-4-2-1-3-5-8/h1-5H,(H,9,10). The summed E-state index contributed by atoms with van der Waals surface area (Å²) in [7, 11) is 0. The summed E-state index contributed by atoms with van der Waals surface area (Å²) < 4.78 is 22.3. The van der Waals surface area contributed by atoms with Crippen LogP contribution in [0.2, 0.25) is 0 Å². The van der Waals surface area contributed by atoms with Gasteiger partial charge in [0.1, 0.15) is 6.11 Å². The van der Waals surface area contributed by atoms with Gasteiger partial charge in [-0.3, -0.25) is 4.55 Å². The van der Waals surface area contributed by atoms with Gasteiger partial charge in [0.2, 0.25) is 0 Å². The van der Waals surface area contributed by atoms with Crippen LogP contribution in [0.3, 0.4) is 0 Å². The molecule has 0 spiro atoms. The Morgan fingerprint density at radius 1 is 1.33 bits per heavy atom. The average molecular weight is 182 g/mol. The van der Waals surface area contributed by atoms with Crippen molar-refractivity contribution in [3.8, 4) is 12.0 Å². The summed E-state index contributed by atoms with van der Waals surface area (Å²) in [6, 6.07) is 9.05. The Balaban J connectivity index is 2.61. The highest BCUT2D eigenvalue weighted by Gasteiger charge is 1.85. The molecule has 4 heteroatoms. The zero-order valence-electron chi connectivity index (χ0n) is 6.06. The van der Waals surface area contributed by atoms with Crippen molar-refractivity contribution in [1.82, 2.24) is 0 Å². The lowest BCUT2D eigenvalue weighted by molar-refractivity contribution is 0.439. The van der Waals surface area contributed by atoms with Crippen molar-refractivity contribution in [2.75, 3.05) is 0 Å². The van der Waals surface area contributed by atoms with Crippen LogP contribution in [0.4, 0.5) is 0 Å². The minimum Gasteiger partial charge on any atom is -0.325 e. The van der Waals surface area contributed by atoms with Crippen molar-refractivity contribution >= 4 is 11.4 Å². The molecule has 0 fully saturated rings. The lowest BCUT2D eigenvalue weighted by Crippen LogP contribution is -1.86. The van der Waals surface area contributed by atoms with E-state index in [-0.39, 0.29) is 0 Å². The molecule has 0 bridgehead atoms. The summed E-state index contributed by atoms with van der Waals surface area (Å²) in [6.07, 6.45) is 2.10. The highest BCUT2D eigenvalue weighted by molar-refractivity contribution is 7.74. The van der Waals surface area contributed by atoms with Crippen LogP contribution in [0.5, 0.6) is 0 Å². The van der Waals surface area contributed by atoms with E-state index in [4.69, 9.17) is 4.55 Å². The number of hydrogen-bond donors (Lipinski definition) is 1. The first-order valence-electron chi connectivity index (χ1n) is 3.13. The van der Waals surface area contributed by atoms with Gasteiger partial charge in [0.15, 0.2) is 0 Å². The van der Waals surface area contributed by atoms with E-state index in [1.807, 2.05) is 18.2 Å². The fourth-order valence-corrected chi connectivity index (χ4v) is 0.750. The van der Waals surface area contributed by atoms with Gasteiger partial charge >= 0.3 is 11.4 Å². The maximum Gasteiger partial charge on any atom is 0.366 e. The normalized spacial score (nSPS) is 11.1. The summed E-state index contributed by atoms with van der Waals surface area (Å²) in [4.78, 5) is 0. The molecular weight excluding hydrogens is 176 g/mol. The summed E-state index contributed by atoms with van der Waals surface area (Å²) in [5, 5.41) is 0. The molecule has 1 N–H and O–H groups in total. The Labute approximate surface area is 72.9 Å². The topological polar surface area (TPSA) is 46.5 Å². The molecule has 0 saturated heterocycles. The van der Waals surface area contributed by atoms with Crippen LogP contribution in [0, 0.1) is 12.0 Å². The Hall–Kier alpha value is -1.31. The lowest BCUT2D eigenvalue weighted by atomic mass is 10.2. The Kier molecular flexibility index (Phi) is 3.33. The van der Waals surface area contributed by atoms with E-state index >= 15 is 0 Å². The van der Waals surface area contributed by atoms with Gasteiger partial charge in [-0.05, 0) is 18.1 Å². The largest absolute Gasteiger partial charge is 0.366 e. The van der Waals surface area contributed by atoms with Crippen LogP contribution in [0.25, 0.3) is 0 Å².